The summed E-state index contributed by atoms with van der Waals surface area (Å²) in [4.78, 5) is 0. The van der Waals surface area contributed by atoms with E-state index in [4.69, 9.17) is 18.1 Å². The first-order chi connectivity index (χ1) is 13.5. The normalized spacial score (nSPS) is 15.6. The van der Waals surface area contributed by atoms with Crippen molar-refractivity contribution >= 4 is 15.2 Å². The Morgan fingerprint density at radius 3 is 1.90 bits per heavy atom. The highest BCUT2D eigenvalue weighted by molar-refractivity contribution is 7.72. The fraction of sp³-hybridized carbons (Fsp3) is 0.700. The fourth-order valence-electron chi connectivity index (χ4n) is 4.17. The molecule has 1 aromatic rings. The van der Waals surface area contributed by atoms with Gasteiger partial charge in [0, 0.05) is 34.0 Å². The van der Waals surface area contributed by atoms with Crippen LogP contribution in [0.3, 0.4) is 0 Å². The van der Waals surface area contributed by atoms with E-state index in [1.165, 1.54) is 28.4 Å². The second-order valence-electron chi connectivity index (χ2n) is 8.35. The van der Waals surface area contributed by atoms with Crippen LogP contribution in [0.4, 0.5) is 0 Å². The van der Waals surface area contributed by atoms with Crippen LogP contribution in [0.25, 0.3) is 0 Å². The smallest absolute Gasteiger partial charge is 0.345 e. The second kappa shape index (κ2) is 9.21. The van der Waals surface area contributed by atoms with Crippen LogP contribution >= 0.6 is 15.2 Å². The number of phenolic OH excluding ortho intramolecular Hbond substituents is 1. The first-order valence-electron chi connectivity index (χ1n) is 9.76. The maximum absolute atomic E-state index is 13.3. The molecular formula is C20H34O7P2. The van der Waals surface area contributed by atoms with E-state index in [9.17, 15) is 14.2 Å². The van der Waals surface area contributed by atoms with E-state index in [0.717, 1.165) is 47.9 Å². The van der Waals surface area contributed by atoms with Gasteiger partial charge in [-0.1, -0.05) is 26.8 Å². The number of benzene rings is 1. The molecule has 0 spiro atoms. The van der Waals surface area contributed by atoms with Crippen molar-refractivity contribution in [1.29, 1.82) is 0 Å². The standard InChI is InChI=1S/C20H34O7P2/c1-20(2,3)18-15(12-14-10-8-9-11-16(14)19(18)21)13-17(28(22,24-4)25-5)29(23,26-6)27-7/h12,17,21H,8-11,13H2,1-7H3. The molecular weight excluding hydrogens is 414 g/mol. The van der Waals surface area contributed by atoms with Crippen LogP contribution in [0.15, 0.2) is 6.07 Å². The summed E-state index contributed by atoms with van der Waals surface area (Å²) in [6, 6.07) is 2.03. The Balaban J connectivity index is 2.72. The third-order valence-electron chi connectivity index (χ3n) is 5.60. The molecule has 9 heteroatoms. The van der Waals surface area contributed by atoms with Crippen LogP contribution in [0.1, 0.15) is 55.9 Å². The molecule has 2 rings (SSSR count). The topological polar surface area (TPSA) is 91.3 Å². The van der Waals surface area contributed by atoms with E-state index in [2.05, 4.69) is 0 Å². The first kappa shape index (κ1) is 24.6. The molecule has 0 unspecified atom stereocenters. The lowest BCUT2D eigenvalue weighted by Crippen LogP contribution is -2.23. The molecule has 1 aliphatic rings. The molecule has 1 N–H and O–H groups in total. The van der Waals surface area contributed by atoms with Crippen LogP contribution in [0.5, 0.6) is 5.75 Å². The van der Waals surface area contributed by atoms with Gasteiger partial charge in [0.15, 0.2) is 5.40 Å². The highest BCUT2D eigenvalue weighted by atomic mass is 31.2. The lowest BCUT2D eigenvalue weighted by molar-refractivity contribution is 0.246. The molecule has 0 saturated carbocycles. The molecule has 7 nitrogen and oxygen atoms in total. The summed E-state index contributed by atoms with van der Waals surface area (Å²) < 4.78 is 47.3. The van der Waals surface area contributed by atoms with Gasteiger partial charge in [-0.05, 0) is 54.2 Å². The van der Waals surface area contributed by atoms with Gasteiger partial charge in [-0.25, -0.2) is 0 Å². The van der Waals surface area contributed by atoms with E-state index < -0.39 is 20.6 Å². The van der Waals surface area contributed by atoms with E-state index in [-0.39, 0.29) is 17.6 Å². The number of aryl methyl sites for hydroxylation is 1. The summed E-state index contributed by atoms with van der Waals surface area (Å²) in [5.74, 6) is 0.276. The molecule has 0 heterocycles. The zero-order valence-corrected chi connectivity index (χ0v) is 20.3. The van der Waals surface area contributed by atoms with Crippen molar-refractivity contribution in [1.82, 2.24) is 0 Å². The molecule has 1 aliphatic carbocycles. The lowest BCUT2D eigenvalue weighted by atomic mass is 9.77. The quantitative estimate of drug-likeness (QED) is 0.532. The van der Waals surface area contributed by atoms with Crippen molar-refractivity contribution in [3.63, 3.8) is 0 Å². The maximum atomic E-state index is 13.3. The zero-order valence-electron chi connectivity index (χ0n) is 18.5. The summed E-state index contributed by atoms with van der Waals surface area (Å²) in [7, 11) is -2.64. The predicted molar refractivity (Wildman–Crippen MR) is 114 cm³/mol. The minimum Gasteiger partial charge on any atom is -0.507 e. The molecule has 0 radical (unpaired) electrons. The SMILES string of the molecule is COP(=O)(OC)C(Cc1cc2c(c(O)c1C(C)(C)C)CCCC2)P(=O)(OC)OC. The molecule has 1 aromatic carbocycles. The minimum absolute atomic E-state index is 0.0609. The highest BCUT2D eigenvalue weighted by Crippen LogP contribution is 2.70. The molecule has 0 saturated heterocycles. The molecule has 0 bridgehead atoms. The maximum Gasteiger partial charge on any atom is 0.345 e. The van der Waals surface area contributed by atoms with Gasteiger partial charge in [0.2, 0.25) is 0 Å². The van der Waals surface area contributed by atoms with Gasteiger partial charge in [0.1, 0.15) is 5.75 Å². The number of fused-ring (bicyclic) bond motifs is 1. The van der Waals surface area contributed by atoms with Crippen LogP contribution < -0.4 is 0 Å². The number of hydrogen-bond acceptors (Lipinski definition) is 7. The molecule has 0 atom stereocenters. The molecule has 0 fully saturated rings. The van der Waals surface area contributed by atoms with Crippen LogP contribution in [-0.2, 0) is 51.9 Å². The van der Waals surface area contributed by atoms with Gasteiger partial charge in [0.05, 0.1) is 0 Å². The van der Waals surface area contributed by atoms with Crippen molar-refractivity contribution in [3.8, 4) is 5.75 Å². The highest BCUT2D eigenvalue weighted by Gasteiger charge is 2.50. The molecule has 0 amide bonds. The van der Waals surface area contributed by atoms with Crippen LogP contribution in [-0.4, -0.2) is 38.9 Å². The van der Waals surface area contributed by atoms with Crippen molar-refractivity contribution in [3.05, 3.63) is 28.3 Å². The predicted octanol–water partition coefficient (Wildman–Crippen LogP) is 5.41. The van der Waals surface area contributed by atoms with E-state index in [1.807, 2.05) is 26.8 Å². The van der Waals surface area contributed by atoms with Gasteiger partial charge < -0.3 is 23.2 Å². The Morgan fingerprint density at radius 2 is 1.45 bits per heavy atom. The number of aromatic hydroxyl groups is 1. The Bertz CT molecular complexity index is 787. The summed E-state index contributed by atoms with van der Waals surface area (Å²) in [6.45, 7) is 6.02. The number of rotatable bonds is 8. The van der Waals surface area contributed by atoms with Gasteiger partial charge >= 0.3 is 15.2 Å². The summed E-state index contributed by atoms with van der Waals surface area (Å²) in [5.41, 5.74) is 3.17. The molecule has 0 aromatic heterocycles. The Morgan fingerprint density at radius 1 is 0.966 bits per heavy atom. The van der Waals surface area contributed by atoms with Crippen LogP contribution in [0.2, 0.25) is 0 Å². The average Bonchev–Trinajstić information content (AvgIpc) is 2.70. The molecule has 0 aliphatic heterocycles. The van der Waals surface area contributed by atoms with Crippen LogP contribution in [0, 0.1) is 0 Å². The van der Waals surface area contributed by atoms with Crippen molar-refractivity contribution < 1.29 is 32.3 Å². The number of hydrogen-bond donors (Lipinski definition) is 1. The van der Waals surface area contributed by atoms with E-state index in [1.54, 1.807) is 0 Å². The summed E-state index contributed by atoms with van der Waals surface area (Å²) >= 11 is 0. The summed E-state index contributed by atoms with van der Waals surface area (Å²) in [5, 5.41) is 9.97. The monoisotopic (exact) mass is 448 g/mol. The van der Waals surface area contributed by atoms with Gasteiger partial charge in [-0.15, -0.1) is 0 Å². The van der Waals surface area contributed by atoms with Gasteiger partial charge in [0.25, 0.3) is 0 Å². The largest absolute Gasteiger partial charge is 0.507 e. The second-order valence-corrected chi connectivity index (χ2v) is 13.6. The Hall–Kier alpha value is -0.680. The summed E-state index contributed by atoms with van der Waals surface area (Å²) in [6.07, 6.45) is 3.84. The fourth-order valence-corrected chi connectivity index (χ4v) is 8.80. The minimum atomic E-state index is -3.82. The molecule has 166 valence electrons. The molecule has 29 heavy (non-hydrogen) atoms. The van der Waals surface area contributed by atoms with Crippen molar-refractivity contribution in [2.24, 2.45) is 0 Å². The Kier molecular flexibility index (Phi) is 7.81. The third-order valence-corrected chi connectivity index (χ3v) is 11.2. The van der Waals surface area contributed by atoms with Crippen molar-refractivity contribution in [2.45, 2.75) is 63.7 Å². The zero-order chi connectivity index (χ0) is 22.0. The van der Waals surface area contributed by atoms with E-state index in [0.29, 0.717) is 0 Å². The average molecular weight is 448 g/mol. The van der Waals surface area contributed by atoms with E-state index >= 15 is 0 Å². The Labute approximate surface area is 174 Å². The lowest BCUT2D eigenvalue weighted by Gasteiger charge is -2.33. The van der Waals surface area contributed by atoms with Gasteiger partial charge in [-0.3, -0.25) is 9.13 Å². The first-order valence-corrected chi connectivity index (χ1v) is 13.0. The van der Waals surface area contributed by atoms with Gasteiger partial charge in [-0.2, -0.15) is 0 Å². The number of phenols is 1. The third kappa shape index (κ3) is 4.81. The van der Waals surface area contributed by atoms with Crippen molar-refractivity contribution in [2.75, 3.05) is 28.4 Å².